The zero-order valence-electron chi connectivity index (χ0n) is 10.8. The first-order chi connectivity index (χ1) is 9.89. The van der Waals surface area contributed by atoms with E-state index in [4.69, 9.17) is 10.7 Å². The maximum atomic E-state index is 13.8. The van der Waals surface area contributed by atoms with E-state index in [1.165, 1.54) is 23.7 Å². The number of rotatable bonds is 2. The minimum atomic E-state index is -3.99. The number of hydrogen-bond acceptors (Lipinski definition) is 4. The molecule has 1 heterocycles. The SMILES string of the molecule is Cn1c(-c2ccc(F)c3ccccc23)nnc1S(=O)(=O)Cl. The van der Waals surface area contributed by atoms with Crippen molar-refractivity contribution < 1.29 is 12.8 Å². The van der Waals surface area contributed by atoms with Gasteiger partial charge in [-0.15, -0.1) is 10.2 Å². The lowest BCUT2D eigenvalue weighted by atomic mass is 10.0. The van der Waals surface area contributed by atoms with Gasteiger partial charge in [-0.3, -0.25) is 4.57 Å². The second-order valence-corrected chi connectivity index (χ2v) is 6.90. The van der Waals surface area contributed by atoms with E-state index in [0.29, 0.717) is 22.2 Å². The first-order valence-electron chi connectivity index (χ1n) is 5.91. The molecule has 0 radical (unpaired) electrons. The predicted molar refractivity (Wildman–Crippen MR) is 76.9 cm³/mol. The second-order valence-electron chi connectivity index (χ2n) is 4.44. The number of hydrogen-bond donors (Lipinski definition) is 0. The summed E-state index contributed by atoms with van der Waals surface area (Å²) in [5.74, 6) is -0.0628. The van der Waals surface area contributed by atoms with Crippen molar-refractivity contribution in [2.24, 2.45) is 7.05 Å². The van der Waals surface area contributed by atoms with Crippen molar-refractivity contribution in [2.45, 2.75) is 5.16 Å². The Labute approximate surface area is 124 Å². The van der Waals surface area contributed by atoms with E-state index in [1.54, 1.807) is 24.3 Å². The van der Waals surface area contributed by atoms with Crippen molar-refractivity contribution in [3.8, 4) is 11.4 Å². The van der Waals surface area contributed by atoms with Crippen LogP contribution in [0, 0.1) is 5.82 Å². The highest BCUT2D eigenvalue weighted by Crippen LogP contribution is 2.30. The molecule has 8 heteroatoms. The molecular weight excluding hydrogens is 317 g/mol. The van der Waals surface area contributed by atoms with E-state index in [-0.39, 0.29) is 11.0 Å². The summed E-state index contributed by atoms with van der Waals surface area (Å²) in [4.78, 5) is 0. The van der Waals surface area contributed by atoms with Gasteiger partial charge in [-0.2, -0.15) is 0 Å². The van der Waals surface area contributed by atoms with Crippen LogP contribution in [0.2, 0.25) is 0 Å². The number of benzene rings is 2. The minimum absolute atomic E-state index is 0.297. The minimum Gasteiger partial charge on any atom is -0.300 e. The molecule has 0 atom stereocenters. The molecule has 1 aromatic heterocycles. The van der Waals surface area contributed by atoms with Crippen LogP contribution >= 0.6 is 10.7 Å². The van der Waals surface area contributed by atoms with Gasteiger partial charge in [0.25, 0.3) is 14.2 Å². The molecule has 0 saturated carbocycles. The Morgan fingerprint density at radius 3 is 2.38 bits per heavy atom. The molecule has 0 spiro atoms. The van der Waals surface area contributed by atoms with Crippen LogP contribution in [-0.4, -0.2) is 23.2 Å². The molecule has 21 heavy (non-hydrogen) atoms. The summed E-state index contributed by atoms with van der Waals surface area (Å²) in [7, 11) is 2.79. The monoisotopic (exact) mass is 325 g/mol. The maximum absolute atomic E-state index is 13.8. The highest BCUT2D eigenvalue weighted by atomic mass is 35.7. The van der Waals surface area contributed by atoms with Crippen molar-refractivity contribution in [1.29, 1.82) is 0 Å². The molecule has 0 saturated heterocycles. The lowest BCUT2D eigenvalue weighted by Crippen LogP contribution is -2.03. The van der Waals surface area contributed by atoms with Crippen LogP contribution in [0.4, 0.5) is 4.39 Å². The Bertz CT molecular complexity index is 953. The normalized spacial score (nSPS) is 12.0. The van der Waals surface area contributed by atoms with Gasteiger partial charge in [0, 0.05) is 28.7 Å². The third-order valence-corrected chi connectivity index (χ3v) is 4.37. The molecule has 0 aliphatic rings. The van der Waals surface area contributed by atoms with Gasteiger partial charge in [-0.05, 0) is 17.5 Å². The van der Waals surface area contributed by atoms with Crippen molar-refractivity contribution in [1.82, 2.24) is 14.8 Å². The molecular formula is C13H9ClFN3O2S. The van der Waals surface area contributed by atoms with Crippen LogP contribution in [0.5, 0.6) is 0 Å². The molecule has 3 rings (SSSR count). The Morgan fingerprint density at radius 2 is 1.76 bits per heavy atom. The Hall–Kier alpha value is -1.99. The van der Waals surface area contributed by atoms with Crippen molar-refractivity contribution in [3.63, 3.8) is 0 Å². The number of nitrogens with zero attached hydrogens (tertiary/aromatic N) is 3. The Balaban J connectivity index is 2.33. The third kappa shape index (κ3) is 2.28. The molecule has 2 aromatic carbocycles. The van der Waals surface area contributed by atoms with Crippen LogP contribution in [0.3, 0.4) is 0 Å². The fourth-order valence-corrected chi connectivity index (χ4v) is 3.17. The lowest BCUT2D eigenvalue weighted by Gasteiger charge is -2.07. The Kier molecular flexibility index (Phi) is 3.18. The molecule has 0 bridgehead atoms. The molecule has 0 fully saturated rings. The fourth-order valence-electron chi connectivity index (χ4n) is 2.22. The molecule has 5 nitrogen and oxygen atoms in total. The first kappa shape index (κ1) is 14.0. The summed E-state index contributed by atoms with van der Waals surface area (Å²) in [6.07, 6.45) is 0. The van der Waals surface area contributed by atoms with E-state index in [2.05, 4.69) is 10.2 Å². The van der Waals surface area contributed by atoms with Gasteiger partial charge in [0.2, 0.25) is 0 Å². The Morgan fingerprint density at radius 1 is 1.10 bits per heavy atom. The number of halogens is 2. The number of fused-ring (bicyclic) bond motifs is 1. The first-order valence-corrected chi connectivity index (χ1v) is 8.22. The van der Waals surface area contributed by atoms with Crippen molar-refractivity contribution in [2.75, 3.05) is 0 Å². The van der Waals surface area contributed by atoms with Crippen LogP contribution < -0.4 is 0 Å². The maximum Gasteiger partial charge on any atom is 0.296 e. The zero-order chi connectivity index (χ0) is 15.2. The predicted octanol–water partition coefficient (Wildman–Crippen LogP) is 2.70. The smallest absolute Gasteiger partial charge is 0.296 e. The molecule has 3 aromatic rings. The van der Waals surface area contributed by atoms with E-state index < -0.39 is 9.05 Å². The highest BCUT2D eigenvalue weighted by Gasteiger charge is 2.22. The molecule has 0 aliphatic carbocycles. The van der Waals surface area contributed by atoms with Gasteiger partial charge in [0.05, 0.1) is 0 Å². The average Bonchev–Trinajstić information content (AvgIpc) is 2.81. The standard InChI is InChI=1S/C13H9ClFN3O2S/c1-18-12(16-17-13(18)21(14,19)20)10-6-7-11(15)9-5-3-2-4-8(9)10/h2-7H,1H3. The van der Waals surface area contributed by atoms with Crippen LogP contribution in [-0.2, 0) is 16.1 Å². The van der Waals surface area contributed by atoms with Gasteiger partial charge in [0.15, 0.2) is 5.82 Å². The van der Waals surface area contributed by atoms with Crippen molar-refractivity contribution >= 4 is 30.5 Å². The van der Waals surface area contributed by atoms with Crippen LogP contribution in [0.15, 0.2) is 41.6 Å². The summed E-state index contributed by atoms with van der Waals surface area (Å²) in [5, 5.41) is 8.14. The summed E-state index contributed by atoms with van der Waals surface area (Å²) >= 11 is 0. The highest BCUT2D eigenvalue weighted by molar-refractivity contribution is 8.13. The fraction of sp³-hybridized carbons (Fsp3) is 0.0769. The van der Waals surface area contributed by atoms with Gasteiger partial charge < -0.3 is 0 Å². The van der Waals surface area contributed by atoms with E-state index in [0.717, 1.165) is 0 Å². The van der Waals surface area contributed by atoms with Gasteiger partial charge in [0.1, 0.15) is 5.82 Å². The van der Waals surface area contributed by atoms with Crippen LogP contribution in [0.1, 0.15) is 0 Å². The molecule has 0 unspecified atom stereocenters. The number of aromatic nitrogens is 3. The third-order valence-electron chi connectivity index (χ3n) is 3.16. The van der Waals surface area contributed by atoms with E-state index in [1.807, 2.05) is 0 Å². The average molecular weight is 326 g/mol. The molecule has 0 aliphatic heterocycles. The zero-order valence-corrected chi connectivity index (χ0v) is 12.4. The van der Waals surface area contributed by atoms with E-state index >= 15 is 0 Å². The summed E-state index contributed by atoms with van der Waals surface area (Å²) in [6, 6.07) is 9.70. The largest absolute Gasteiger partial charge is 0.300 e. The topological polar surface area (TPSA) is 64.8 Å². The molecule has 0 N–H and O–H groups in total. The molecule has 108 valence electrons. The van der Waals surface area contributed by atoms with Crippen molar-refractivity contribution in [3.05, 3.63) is 42.2 Å². The van der Waals surface area contributed by atoms with E-state index in [9.17, 15) is 12.8 Å². The molecule has 0 amide bonds. The van der Waals surface area contributed by atoms with Gasteiger partial charge in [-0.1, -0.05) is 24.3 Å². The quantitative estimate of drug-likeness (QED) is 0.679. The second kappa shape index (κ2) is 4.78. The van der Waals surface area contributed by atoms with Gasteiger partial charge >= 0.3 is 0 Å². The summed E-state index contributed by atoms with van der Waals surface area (Å²) < 4.78 is 37.9. The van der Waals surface area contributed by atoms with Gasteiger partial charge in [-0.25, -0.2) is 12.8 Å². The lowest BCUT2D eigenvalue weighted by molar-refractivity contribution is 0.593. The summed E-state index contributed by atoms with van der Waals surface area (Å²) in [5.41, 5.74) is 0.577. The van der Waals surface area contributed by atoms with Crippen LogP contribution in [0.25, 0.3) is 22.2 Å². The summed E-state index contributed by atoms with van der Waals surface area (Å²) in [6.45, 7) is 0.